The van der Waals surface area contributed by atoms with Crippen LogP contribution in [-0.4, -0.2) is 5.91 Å². The molecule has 0 aliphatic heterocycles. The molecule has 0 spiro atoms. The first-order chi connectivity index (χ1) is 8.97. The summed E-state index contributed by atoms with van der Waals surface area (Å²) in [4.78, 5) is 12.0. The van der Waals surface area contributed by atoms with Crippen LogP contribution in [0.1, 0.15) is 10.4 Å². The Bertz CT molecular complexity index is 647. The zero-order valence-corrected chi connectivity index (χ0v) is 12.8. The second kappa shape index (κ2) is 5.71. The van der Waals surface area contributed by atoms with E-state index in [1.54, 1.807) is 24.3 Å². The maximum Gasteiger partial charge on any atom is 0.257 e. The van der Waals surface area contributed by atoms with Crippen molar-refractivity contribution in [2.24, 2.45) is 0 Å². The van der Waals surface area contributed by atoms with Crippen LogP contribution in [0.5, 0.6) is 0 Å². The molecule has 3 N–H and O–H groups in total. The van der Waals surface area contributed by atoms with Gasteiger partial charge in [-0.1, -0.05) is 31.9 Å². The van der Waals surface area contributed by atoms with E-state index in [9.17, 15) is 9.18 Å². The first-order valence-electron chi connectivity index (χ1n) is 5.29. The van der Waals surface area contributed by atoms with Gasteiger partial charge in [0, 0.05) is 14.6 Å². The van der Waals surface area contributed by atoms with Gasteiger partial charge < -0.3 is 11.1 Å². The Balaban J connectivity index is 2.28. The molecule has 98 valence electrons. The summed E-state index contributed by atoms with van der Waals surface area (Å²) in [6.45, 7) is 0. The Morgan fingerprint density at radius 2 is 1.74 bits per heavy atom. The lowest BCUT2D eigenvalue weighted by Gasteiger charge is -2.09. The number of nitrogens with two attached hydrogens (primary N) is 1. The molecule has 0 heterocycles. The first kappa shape index (κ1) is 14.0. The van der Waals surface area contributed by atoms with Crippen LogP contribution in [0.25, 0.3) is 0 Å². The largest absolute Gasteiger partial charge is 0.398 e. The van der Waals surface area contributed by atoms with Crippen LogP contribution in [0.4, 0.5) is 15.8 Å². The summed E-state index contributed by atoms with van der Waals surface area (Å²) in [6, 6.07) is 9.32. The minimum Gasteiger partial charge on any atom is -0.398 e. The predicted octanol–water partition coefficient (Wildman–Crippen LogP) is 4.19. The average Bonchev–Trinajstić information content (AvgIpc) is 2.35. The van der Waals surface area contributed by atoms with Crippen molar-refractivity contribution in [3.63, 3.8) is 0 Å². The number of hydrogen-bond donors (Lipinski definition) is 2. The van der Waals surface area contributed by atoms with Crippen LogP contribution in [0.3, 0.4) is 0 Å². The summed E-state index contributed by atoms with van der Waals surface area (Å²) in [7, 11) is 0. The molecule has 0 aliphatic carbocycles. The molecule has 0 aromatic heterocycles. The maximum atomic E-state index is 13.6. The Kier molecular flexibility index (Phi) is 4.21. The second-order valence-corrected chi connectivity index (χ2v) is 5.64. The molecule has 6 heteroatoms. The first-order valence-corrected chi connectivity index (χ1v) is 6.87. The van der Waals surface area contributed by atoms with Gasteiger partial charge in [0.05, 0.1) is 11.3 Å². The summed E-state index contributed by atoms with van der Waals surface area (Å²) in [5, 5.41) is 2.49. The van der Waals surface area contributed by atoms with Gasteiger partial charge in [0.2, 0.25) is 0 Å². The van der Waals surface area contributed by atoms with Crippen LogP contribution >= 0.6 is 31.9 Å². The Morgan fingerprint density at radius 1 is 1.11 bits per heavy atom. The number of rotatable bonds is 2. The topological polar surface area (TPSA) is 55.1 Å². The Morgan fingerprint density at radius 3 is 2.42 bits per heavy atom. The fraction of sp³-hybridized carbons (Fsp3) is 0. The van der Waals surface area contributed by atoms with Gasteiger partial charge in [-0.25, -0.2) is 4.39 Å². The van der Waals surface area contributed by atoms with Crippen molar-refractivity contribution in [1.29, 1.82) is 0 Å². The predicted molar refractivity (Wildman–Crippen MR) is 80.6 cm³/mol. The van der Waals surface area contributed by atoms with Gasteiger partial charge in [0.15, 0.2) is 0 Å². The molecule has 2 rings (SSSR count). The molecule has 0 unspecified atom stereocenters. The molecule has 2 aromatic carbocycles. The molecule has 0 bridgehead atoms. The third-order valence-electron chi connectivity index (χ3n) is 2.44. The van der Waals surface area contributed by atoms with Gasteiger partial charge in [-0.15, -0.1) is 0 Å². The molecule has 3 nitrogen and oxygen atoms in total. The SMILES string of the molecule is Nc1ccc(Br)cc1C(=O)Nc1ccc(Br)cc1F. The molecule has 0 saturated carbocycles. The zero-order valence-electron chi connectivity index (χ0n) is 9.58. The third kappa shape index (κ3) is 3.33. The Hall–Kier alpha value is -1.40. The lowest BCUT2D eigenvalue weighted by molar-refractivity contribution is 0.102. The highest BCUT2D eigenvalue weighted by atomic mass is 79.9. The van der Waals surface area contributed by atoms with Gasteiger partial charge in [0.1, 0.15) is 5.82 Å². The van der Waals surface area contributed by atoms with E-state index in [0.29, 0.717) is 10.2 Å². The normalized spacial score (nSPS) is 10.3. The number of benzene rings is 2. The van der Waals surface area contributed by atoms with Gasteiger partial charge in [-0.2, -0.15) is 0 Å². The van der Waals surface area contributed by atoms with E-state index in [4.69, 9.17) is 5.73 Å². The van der Waals surface area contributed by atoms with Crippen molar-refractivity contribution in [3.05, 3.63) is 56.7 Å². The molecule has 1 amide bonds. The smallest absolute Gasteiger partial charge is 0.257 e. The van der Waals surface area contributed by atoms with E-state index in [2.05, 4.69) is 37.2 Å². The molecular formula is C13H9Br2FN2O. The molecule has 0 atom stereocenters. The summed E-state index contributed by atoms with van der Waals surface area (Å²) < 4.78 is 14.9. The zero-order chi connectivity index (χ0) is 14.0. The third-order valence-corrected chi connectivity index (χ3v) is 3.43. The summed E-state index contributed by atoms with van der Waals surface area (Å²) >= 11 is 6.41. The standard InChI is InChI=1S/C13H9Br2FN2O/c14-7-1-3-11(17)9(5-7)13(19)18-12-4-2-8(15)6-10(12)16/h1-6H,17H2,(H,18,19). The second-order valence-electron chi connectivity index (χ2n) is 3.81. The number of carbonyl (C=O) groups excluding carboxylic acids is 1. The van der Waals surface area contributed by atoms with Gasteiger partial charge >= 0.3 is 0 Å². The van der Waals surface area contributed by atoms with E-state index in [1.165, 1.54) is 12.1 Å². The van der Waals surface area contributed by atoms with Crippen LogP contribution in [0, 0.1) is 5.82 Å². The van der Waals surface area contributed by atoms with E-state index >= 15 is 0 Å². The number of nitrogen functional groups attached to an aromatic ring is 1. The lowest BCUT2D eigenvalue weighted by Crippen LogP contribution is -2.15. The van der Waals surface area contributed by atoms with Gasteiger partial charge in [-0.05, 0) is 36.4 Å². The lowest BCUT2D eigenvalue weighted by atomic mass is 10.1. The molecule has 0 fully saturated rings. The van der Waals surface area contributed by atoms with Crippen molar-refractivity contribution in [1.82, 2.24) is 0 Å². The molecule has 2 aromatic rings. The minimum absolute atomic E-state index is 0.104. The highest BCUT2D eigenvalue weighted by Crippen LogP contribution is 2.22. The number of anilines is 2. The number of halogens is 3. The van der Waals surface area contributed by atoms with Gasteiger partial charge in [0.25, 0.3) is 5.91 Å². The summed E-state index contributed by atoms with van der Waals surface area (Å²) in [6.07, 6.45) is 0. The highest BCUT2D eigenvalue weighted by Gasteiger charge is 2.12. The number of hydrogen-bond acceptors (Lipinski definition) is 2. The average molecular weight is 388 g/mol. The van der Waals surface area contributed by atoms with Crippen molar-refractivity contribution >= 4 is 49.1 Å². The van der Waals surface area contributed by atoms with Gasteiger partial charge in [-0.3, -0.25) is 4.79 Å². The Labute approximate surface area is 126 Å². The molecule has 0 radical (unpaired) electrons. The minimum atomic E-state index is -0.517. The molecule has 19 heavy (non-hydrogen) atoms. The molecular weight excluding hydrogens is 379 g/mol. The quantitative estimate of drug-likeness (QED) is 0.759. The molecule has 0 saturated heterocycles. The summed E-state index contributed by atoms with van der Waals surface area (Å²) in [5.74, 6) is -0.976. The highest BCUT2D eigenvalue weighted by molar-refractivity contribution is 9.10. The van der Waals surface area contributed by atoms with Crippen LogP contribution < -0.4 is 11.1 Å². The van der Waals surface area contributed by atoms with Crippen LogP contribution in [0.2, 0.25) is 0 Å². The number of carbonyl (C=O) groups is 1. The van der Waals surface area contributed by atoms with Crippen molar-refractivity contribution in [2.75, 3.05) is 11.1 Å². The van der Waals surface area contributed by atoms with Crippen molar-refractivity contribution in [2.45, 2.75) is 0 Å². The number of amides is 1. The monoisotopic (exact) mass is 386 g/mol. The van der Waals surface area contributed by atoms with Crippen LogP contribution in [-0.2, 0) is 0 Å². The fourth-order valence-electron chi connectivity index (χ4n) is 1.51. The summed E-state index contributed by atoms with van der Waals surface area (Å²) in [5.41, 5.74) is 6.45. The van der Waals surface area contributed by atoms with Crippen molar-refractivity contribution < 1.29 is 9.18 Å². The van der Waals surface area contributed by atoms with E-state index in [1.807, 2.05) is 0 Å². The van der Waals surface area contributed by atoms with Crippen molar-refractivity contribution in [3.8, 4) is 0 Å². The van der Waals surface area contributed by atoms with E-state index in [0.717, 1.165) is 4.47 Å². The van der Waals surface area contributed by atoms with E-state index < -0.39 is 11.7 Å². The maximum absolute atomic E-state index is 13.6. The fourth-order valence-corrected chi connectivity index (χ4v) is 2.20. The number of nitrogens with one attached hydrogen (secondary N) is 1. The van der Waals surface area contributed by atoms with Crippen LogP contribution in [0.15, 0.2) is 45.3 Å². The van der Waals surface area contributed by atoms with E-state index in [-0.39, 0.29) is 11.3 Å². The molecule has 0 aliphatic rings.